The Bertz CT molecular complexity index is 928. The highest BCUT2D eigenvalue weighted by molar-refractivity contribution is 5.77. The van der Waals surface area contributed by atoms with E-state index in [4.69, 9.17) is 15.2 Å². The van der Waals surface area contributed by atoms with Crippen molar-refractivity contribution in [2.45, 2.75) is 43.9 Å². The predicted molar refractivity (Wildman–Crippen MR) is 103 cm³/mol. The number of amides is 1. The lowest BCUT2D eigenvalue weighted by molar-refractivity contribution is -0.133. The van der Waals surface area contributed by atoms with Crippen LogP contribution in [0.5, 0.6) is 11.5 Å². The second kappa shape index (κ2) is 6.65. The molecule has 1 fully saturated rings. The topological polar surface area (TPSA) is 90.6 Å². The normalized spacial score (nSPS) is 22.5. The van der Waals surface area contributed by atoms with Crippen LogP contribution in [0, 0.1) is 0 Å². The Balaban J connectivity index is 1.27. The Morgan fingerprint density at radius 1 is 1.25 bits per heavy atom. The van der Waals surface area contributed by atoms with Gasteiger partial charge in [-0.1, -0.05) is 6.07 Å². The molecular weight excluding hydrogens is 356 g/mol. The highest BCUT2D eigenvalue weighted by Gasteiger charge is 2.44. The summed E-state index contributed by atoms with van der Waals surface area (Å²) in [6.07, 6.45) is 7.09. The number of aromatic nitrogens is 2. The van der Waals surface area contributed by atoms with Crippen molar-refractivity contribution in [2.75, 3.05) is 25.6 Å². The molecule has 28 heavy (non-hydrogen) atoms. The summed E-state index contributed by atoms with van der Waals surface area (Å²) in [6, 6.07) is 5.89. The van der Waals surface area contributed by atoms with E-state index in [2.05, 4.69) is 9.97 Å². The maximum atomic E-state index is 12.9. The molecule has 1 amide bonds. The largest absolute Gasteiger partial charge is 0.454 e. The molecule has 1 aromatic heterocycles. The number of rotatable bonds is 3. The van der Waals surface area contributed by atoms with Crippen molar-refractivity contribution in [3.05, 3.63) is 41.2 Å². The molecule has 0 saturated carbocycles. The zero-order valence-corrected chi connectivity index (χ0v) is 15.8. The van der Waals surface area contributed by atoms with Crippen LogP contribution in [-0.2, 0) is 23.1 Å². The number of carbonyl (C=O) groups is 1. The number of likely N-dealkylation sites (tertiary alicyclic amines) is 1. The third-order valence-electron chi connectivity index (χ3n) is 6.25. The fourth-order valence-corrected chi connectivity index (χ4v) is 4.80. The summed E-state index contributed by atoms with van der Waals surface area (Å²) in [5, 5.41) is 0. The zero-order valence-electron chi connectivity index (χ0n) is 15.8. The number of piperidine rings is 1. The molecule has 7 nitrogen and oxygen atoms in total. The van der Waals surface area contributed by atoms with Crippen molar-refractivity contribution < 1.29 is 14.3 Å². The van der Waals surface area contributed by atoms with Crippen molar-refractivity contribution in [1.29, 1.82) is 0 Å². The van der Waals surface area contributed by atoms with Crippen LogP contribution in [0.1, 0.15) is 42.5 Å². The Kier molecular flexibility index (Phi) is 4.10. The van der Waals surface area contributed by atoms with E-state index in [9.17, 15) is 4.79 Å². The lowest BCUT2D eigenvalue weighted by Gasteiger charge is -2.40. The first-order valence-electron chi connectivity index (χ1n) is 9.91. The summed E-state index contributed by atoms with van der Waals surface area (Å²) >= 11 is 0. The number of nitrogens with zero attached hydrogens (tertiary/aromatic N) is 3. The smallest absolute Gasteiger partial charge is 0.231 e. The van der Waals surface area contributed by atoms with E-state index in [-0.39, 0.29) is 18.1 Å². The van der Waals surface area contributed by atoms with Crippen LogP contribution in [0.25, 0.3) is 0 Å². The molecule has 3 aliphatic rings. The van der Waals surface area contributed by atoms with E-state index in [0.29, 0.717) is 18.8 Å². The molecule has 1 aliphatic carbocycles. The van der Waals surface area contributed by atoms with Crippen molar-refractivity contribution in [1.82, 2.24) is 14.9 Å². The van der Waals surface area contributed by atoms with Gasteiger partial charge in [0.2, 0.25) is 18.6 Å². The number of anilines is 1. The summed E-state index contributed by atoms with van der Waals surface area (Å²) in [7, 11) is 0. The van der Waals surface area contributed by atoms with Gasteiger partial charge in [-0.05, 0) is 55.4 Å². The Labute approximate surface area is 163 Å². The molecule has 2 aliphatic heterocycles. The van der Waals surface area contributed by atoms with Gasteiger partial charge in [0.25, 0.3) is 0 Å². The number of hydrogen-bond donors (Lipinski definition) is 1. The first-order chi connectivity index (χ1) is 13.6. The number of carbonyl (C=O) groups excluding carboxylic acids is 1. The van der Waals surface area contributed by atoms with Gasteiger partial charge < -0.3 is 20.1 Å². The lowest BCUT2D eigenvalue weighted by Crippen LogP contribution is -2.48. The number of aryl methyl sites for hydroxylation is 2. The van der Waals surface area contributed by atoms with Gasteiger partial charge in [-0.25, -0.2) is 9.97 Å². The summed E-state index contributed by atoms with van der Waals surface area (Å²) in [6.45, 7) is 1.82. The van der Waals surface area contributed by atoms with Crippen LogP contribution in [-0.4, -0.2) is 40.7 Å². The minimum Gasteiger partial charge on any atom is -0.454 e. The summed E-state index contributed by atoms with van der Waals surface area (Å²) < 4.78 is 10.8. The molecule has 1 unspecified atom stereocenters. The van der Waals surface area contributed by atoms with E-state index in [0.717, 1.165) is 61.5 Å². The standard InChI is InChI=1S/C21H24N4O3/c22-20-23-11-15-6-8-21(19(15)24-20)7-1-9-25(12-21)18(26)5-3-14-2-4-16-17(10-14)28-13-27-16/h2,4,10-11H,1,3,5-9,12-13H2,(H2,22,23,24). The second-order valence-corrected chi connectivity index (χ2v) is 7.99. The maximum absolute atomic E-state index is 12.9. The van der Waals surface area contributed by atoms with Gasteiger partial charge in [-0.2, -0.15) is 0 Å². The Morgan fingerprint density at radius 2 is 2.14 bits per heavy atom. The fraction of sp³-hybridized carbons (Fsp3) is 0.476. The quantitative estimate of drug-likeness (QED) is 0.878. The number of hydrogen-bond acceptors (Lipinski definition) is 6. The van der Waals surface area contributed by atoms with Crippen LogP contribution in [0.15, 0.2) is 24.4 Å². The van der Waals surface area contributed by atoms with Gasteiger partial charge in [0, 0.05) is 31.1 Å². The van der Waals surface area contributed by atoms with Gasteiger partial charge in [-0.3, -0.25) is 4.79 Å². The summed E-state index contributed by atoms with van der Waals surface area (Å²) in [5.74, 6) is 2.06. The molecule has 2 N–H and O–H groups in total. The molecule has 0 bridgehead atoms. The minimum atomic E-state index is -0.0565. The van der Waals surface area contributed by atoms with Gasteiger partial charge in [0.1, 0.15) is 0 Å². The van der Waals surface area contributed by atoms with Crippen molar-refractivity contribution in [3.8, 4) is 11.5 Å². The minimum absolute atomic E-state index is 0.0565. The van der Waals surface area contributed by atoms with Crippen LogP contribution >= 0.6 is 0 Å². The molecule has 1 saturated heterocycles. The number of benzene rings is 1. The lowest BCUT2D eigenvalue weighted by atomic mass is 9.77. The monoisotopic (exact) mass is 380 g/mol. The predicted octanol–water partition coefficient (Wildman–Crippen LogP) is 2.23. The SMILES string of the molecule is Nc1ncc2c(n1)C1(CCCN(C(=O)CCc3ccc4c(c3)OCO4)C1)CC2. The first kappa shape index (κ1) is 17.3. The molecule has 1 atom stereocenters. The van der Waals surface area contributed by atoms with E-state index in [1.165, 1.54) is 5.56 Å². The highest BCUT2D eigenvalue weighted by atomic mass is 16.7. The molecule has 0 radical (unpaired) electrons. The van der Waals surface area contributed by atoms with E-state index < -0.39 is 0 Å². The van der Waals surface area contributed by atoms with E-state index in [1.807, 2.05) is 29.3 Å². The second-order valence-electron chi connectivity index (χ2n) is 7.99. The van der Waals surface area contributed by atoms with Gasteiger partial charge in [-0.15, -0.1) is 0 Å². The molecule has 146 valence electrons. The van der Waals surface area contributed by atoms with Crippen molar-refractivity contribution in [2.24, 2.45) is 0 Å². The average molecular weight is 380 g/mol. The third-order valence-corrected chi connectivity index (χ3v) is 6.25. The Hall–Kier alpha value is -2.83. The number of ether oxygens (including phenoxy) is 2. The number of fused-ring (bicyclic) bond motifs is 3. The Morgan fingerprint density at radius 3 is 3.07 bits per heavy atom. The van der Waals surface area contributed by atoms with Crippen molar-refractivity contribution >= 4 is 11.9 Å². The van der Waals surface area contributed by atoms with Crippen LogP contribution < -0.4 is 15.2 Å². The molecular formula is C21H24N4O3. The first-order valence-corrected chi connectivity index (χ1v) is 9.91. The molecule has 7 heteroatoms. The zero-order chi connectivity index (χ0) is 19.1. The molecule has 1 spiro atoms. The van der Waals surface area contributed by atoms with E-state index in [1.54, 1.807) is 0 Å². The van der Waals surface area contributed by atoms with Crippen LogP contribution in [0.2, 0.25) is 0 Å². The van der Waals surface area contributed by atoms with E-state index >= 15 is 0 Å². The van der Waals surface area contributed by atoms with Gasteiger partial charge in [0.15, 0.2) is 11.5 Å². The maximum Gasteiger partial charge on any atom is 0.231 e. The molecule has 2 aromatic rings. The third kappa shape index (κ3) is 2.95. The number of nitrogen functional groups attached to an aromatic ring is 1. The average Bonchev–Trinajstić information content (AvgIpc) is 3.31. The summed E-state index contributed by atoms with van der Waals surface area (Å²) in [5.41, 5.74) is 9.13. The number of nitrogens with two attached hydrogens (primary N) is 1. The molecule has 3 heterocycles. The van der Waals surface area contributed by atoms with Crippen LogP contribution in [0.3, 0.4) is 0 Å². The highest BCUT2D eigenvalue weighted by Crippen LogP contribution is 2.44. The molecule has 5 rings (SSSR count). The van der Waals surface area contributed by atoms with Crippen LogP contribution in [0.4, 0.5) is 5.95 Å². The van der Waals surface area contributed by atoms with Gasteiger partial charge >= 0.3 is 0 Å². The fourth-order valence-electron chi connectivity index (χ4n) is 4.80. The molecule has 1 aromatic carbocycles. The van der Waals surface area contributed by atoms with Gasteiger partial charge in [0.05, 0.1) is 5.69 Å². The summed E-state index contributed by atoms with van der Waals surface area (Å²) in [4.78, 5) is 23.6. The van der Waals surface area contributed by atoms with Crippen molar-refractivity contribution in [3.63, 3.8) is 0 Å².